The Labute approximate surface area is 108 Å². The van der Waals surface area contributed by atoms with E-state index in [1.807, 2.05) is 12.1 Å². The topological polar surface area (TPSA) is 44.8 Å². The maximum Gasteiger partial charge on any atom is 0.337 e. The first-order valence-corrected chi connectivity index (χ1v) is 5.94. The van der Waals surface area contributed by atoms with Crippen molar-refractivity contribution >= 4 is 5.97 Å². The molecule has 1 rings (SSSR count). The fraction of sp³-hybridized carbons (Fsp3) is 0.500. The van der Waals surface area contributed by atoms with Crippen molar-refractivity contribution in [3.8, 4) is 0 Å². The van der Waals surface area contributed by atoms with Gasteiger partial charge in [-0.05, 0) is 37.0 Å². The number of aryl methyl sites for hydroxylation is 1. The fourth-order valence-corrected chi connectivity index (χ4v) is 1.73. The third-order valence-corrected chi connectivity index (χ3v) is 2.81. The molecule has 0 unspecified atom stereocenters. The van der Waals surface area contributed by atoms with Crippen molar-refractivity contribution in [2.24, 2.45) is 0 Å². The lowest BCUT2D eigenvalue weighted by Crippen LogP contribution is -2.12. The summed E-state index contributed by atoms with van der Waals surface area (Å²) in [4.78, 5) is 11.3. The number of ether oxygens (including phenoxy) is 3. The number of benzene rings is 1. The van der Waals surface area contributed by atoms with Crippen molar-refractivity contribution in [2.75, 3.05) is 21.3 Å². The Morgan fingerprint density at radius 2 is 1.72 bits per heavy atom. The lowest BCUT2D eigenvalue weighted by molar-refractivity contribution is -0.106. The van der Waals surface area contributed by atoms with Crippen molar-refractivity contribution in [1.29, 1.82) is 0 Å². The molecule has 0 spiro atoms. The van der Waals surface area contributed by atoms with Gasteiger partial charge in [-0.3, -0.25) is 0 Å². The van der Waals surface area contributed by atoms with Gasteiger partial charge in [-0.15, -0.1) is 0 Å². The normalized spacial score (nSPS) is 10.7. The van der Waals surface area contributed by atoms with Gasteiger partial charge in [0.05, 0.1) is 12.7 Å². The molecule has 0 saturated heterocycles. The molecule has 18 heavy (non-hydrogen) atoms. The Hall–Kier alpha value is -1.39. The Morgan fingerprint density at radius 1 is 1.11 bits per heavy atom. The predicted molar refractivity (Wildman–Crippen MR) is 68.5 cm³/mol. The van der Waals surface area contributed by atoms with Crippen LogP contribution in [-0.2, 0) is 20.6 Å². The molecule has 0 amide bonds. The molecule has 0 fully saturated rings. The van der Waals surface area contributed by atoms with Gasteiger partial charge in [0.2, 0.25) is 0 Å². The number of carbonyl (C=O) groups excluding carboxylic acids is 1. The highest BCUT2D eigenvalue weighted by Crippen LogP contribution is 2.11. The largest absolute Gasteiger partial charge is 0.465 e. The van der Waals surface area contributed by atoms with E-state index < -0.39 is 0 Å². The molecule has 0 atom stereocenters. The van der Waals surface area contributed by atoms with Crippen LogP contribution < -0.4 is 0 Å². The number of hydrogen-bond donors (Lipinski definition) is 0. The van der Waals surface area contributed by atoms with E-state index in [1.165, 1.54) is 12.7 Å². The van der Waals surface area contributed by atoms with Crippen LogP contribution in [0.1, 0.15) is 28.8 Å². The van der Waals surface area contributed by atoms with Crippen LogP contribution in [0.25, 0.3) is 0 Å². The minimum Gasteiger partial charge on any atom is -0.465 e. The molecule has 0 radical (unpaired) electrons. The maximum atomic E-state index is 11.3. The van der Waals surface area contributed by atoms with E-state index in [0.29, 0.717) is 5.56 Å². The molecule has 0 aliphatic carbocycles. The average molecular weight is 252 g/mol. The van der Waals surface area contributed by atoms with Gasteiger partial charge in [-0.1, -0.05) is 12.1 Å². The minimum atomic E-state index is -0.305. The third-order valence-electron chi connectivity index (χ3n) is 2.81. The third kappa shape index (κ3) is 4.47. The highest BCUT2D eigenvalue weighted by Gasteiger charge is 2.06. The summed E-state index contributed by atoms with van der Waals surface area (Å²) in [5.74, 6) is -0.305. The van der Waals surface area contributed by atoms with Crippen molar-refractivity contribution in [3.63, 3.8) is 0 Å². The van der Waals surface area contributed by atoms with Gasteiger partial charge in [0.25, 0.3) is 0 Å². The van der Waals surface area contributed by atoms with Crippen molar-refractivity contribution in [3.05, 3.63) is 35.4 Å². The predicted octanol–water partition coefficient (Wildman–Crippen LogP) is 2.41. The Balaban J connectivity index is 2.42. The van der Waals surface area contributed by atoms with Crippen LogP contribution in [-0.4, -0.2) is 33.6 Å². The van der Waals surface area contributed by atoms with Crippen LogP contribution in [0.15, 0.2) is 24.3 Å². The van der Waals surface area contributed by atoms with E-state index in [9.17, 15) is 4.79 Å². The molecule has 0 N–H and O–H groups in total. The number of methoxy groups -OCH3 is 3. The molecule has 0 aliphatic heterocycles. The second-order valence-corrected chi connectivity index (χ2v) is 3.98. The highest BCUT2D eigenvalue weighted by atomic mass is 16.7. The summed E-state index contributed by atoms with van der Waals surface area (Å²) in [6.45, 7) is 0. The number of esters is 1. The van der Waals surface area contributed by atoms with Gasteiger partial charge in [0.15, 0.2) is 6.29 Å². The number of carbonyl (C=O) groups is 1. The fourth-order valence-electron chi connectivity index (χ4n) is 1.73. The maximum absolute atomic E-state index is 11.3. The molecule has 0 aromatic heterocycles. The first-order valence-electron chi connectivity index (χ1n) is 5.94. The highest BCUT2D eigenvalue weighted by molar-refractivity contribution is 5.89. The molecule has 4 nitrogen and oxygen atoms in total. The van der Waals surface area contributed by atoms with E-state index in [4.69, 9.17) is 9.47 Å². The average Bonchev–Trinajstić information content (AvgIpc) is 2.43. The summed E-state index contributed by atoms with van der Waals surface area (Å²) < 4.78 is 14.9. The standard InChI is InChI=1S/C14H20O4/c1-16-13(17-2)6-4-5-11-7-9-12(10-8-11)14(15)18-3/h7-10,13H,4-6H2,1-3H3. The van der Waals surface area contributed by atoms with Gasteiger partial charge >= 0.3 is 5.97 Å². The zero-order valence-electron chi connectivity index (χ0n) is 11.1. The van der Waals surface area contributed by atoms with E-state index in [1.54, 1.807) is 26.4 Å². The minimum absolute atomic E-state index is 0.139. The lowest BCUT2D eigenvalue weighted by atomic mass is 10.1. The molecule has 100 valence electrons. The monoisotopic (exact) mass is 252 g/mol. The van der Waals surface area contributed by atoms with Crippen LogP contribution in [0.4, 0.5) is 0 Å². The van der Waals surface area contributed by atoms with E-state index in [0.717, 1.165) is 19.3 Å². The molecule has 1 aromatic rings. The molecule has 0 saturated carbocycles. The van der Waals surface area contributed by atoms with Crippen molar-refractivity contribution in [2.45, 2.75) is 25.6 Å². The van der Waals surface area contributed by atoms with Crippen LogP contribution in [0.3, 0.4) is 0 Å². The smallest absolute Gasteiger partial charge is 0.337 e. The molecular formula is C14H20O4. The van der Waals surface area contributed by atoms with Gasteiger partial charge in [0.1, 0.15) is 0 Å². The molecule has 1 aromatic carbocycles. The summed E-state index contributed by atoms with van der Waals surface area (Å²) >= 11 is 0. The van der Waals surface area contributed by atoms with Gasteiger partial charge in [-0.2, -0.15) is 0 Å². The van der Waals surface area contributed by atoms with Crippen LogP contribution >= 0.6 is 0 Å². The lowest BCUT2D eigenvalue weighted by Gasteiger charge is -2.12. The SMILES string of the molecule is COC(=O)c1ccc(CCCC(OC)OC)cc1. The summed E-state index contributed by atoms with van der Waals surface area (Å²) in [6, 6.07) is 7.46. The molecule has 4 heteroatoms. The van der Waals surface area contributed by atoms with Crippen LogP contribution in [0.5, 0.6) is 0 Å². The summed E-state index contributed by atoms with van der Waals surface area (Å²) in [5.41, 5.74) is 1.77. The first-order chi connectivity index (χ1) is 8.71. The first kappa shape index (κ1) is 14.7. The molecule has 0 bridgehead atoms. The van der Waals surface area contributed by atoms with Gasteiger partial charge in [-0.25, -0.2) is 4.79 Å². The van der Waals surface area contributed by atoms with Crippen LogP contribution in [0.2, 0.25) is 0 Å². The van der Waals surface area contributed by atoms with E-state index in [-0.39, 0.29) is 12.3 Å². The van der Waals surface area contributed by atoms with Crippen LogP contribution in [0, 0.1) is 0 Å². The summed E-state index contributed by atoms with van der Waals surface area (Å²) in [6.07, 6.45) is 2.62. The van der Waals surface area contributed by atoms with Gasteiger partial charge < -0.3 is 14.2 Å². The van der Waals surface area contributed by atoms with E-state index in [2.05, 4.69) is 4.74 Å². The van der Waals surface area contributed by atoms with Crippen molar-refractivity contribution in [1.82, 2.24) is 0 Å². The zero-order valence-corrected chi connectivity index (χ0v) is 11.1. The van der Waals surface area contributed by atoms with Crippen molar-refractivity contribution < 1.29 is 19.0 Å². The number of rotatable bonds is 7. The molecular weight excluding hydrogens is 232 g/mol. The zero-order chi connectivity index (χ0) is 13.4. The summed E-state index contributed by atoms with van der Waals surface area (Å²) in [7, 11) is 4.66. The number of hydrogen-bond acceptors (Lipinski definition) is 4. The summed E-state index contributed by atoms with van der Waals surface area (Å²) in [5, 5.41) is 0. The quantitative estimate of drug-likeness (QED) is 0.552. The Bertz CT molecular complexity index is 355. The van der Waals surface area contributed by atoms with Gasteiger partial charge in [0, 0.05) is 14.2 Å². The Kier molecular flexibility index (Phi) is 6.39. The second kappa shape index (κ2) is 7.84. The molecule has 0 aliphatic rings. The molecule has 0 heterocycles. The van der Waals surface area contributed by atoms with E-state index >= 15 is 0 Å². The Morgan fingerprint density at radius 3 is 2.22 bits per heavy atom. The second-order valence-electron chi connectivity index (χ2n) is 3.98.